The zero-order chi connectivity index (χ0) is 12.5. The van der Waals surface area contributed by atoms with Crippen LogP contribution in [-0.4, -0.2) is 39.0 Å². The molecular formula is C11H20ClN3O. The van der Waals surface area contributed by atoms with Crippen molar-refractivity contribution in [2.75, 3.05) is 13.7 Å². The maximum absolute atomic E-state index is 9.29. The summed E-state index contributed by atoms with van der Waals surface area (Å²) >= 11 is 6.16. The van der Waals surface area contributed by atoms with Gasteiger partial charge in [-0.3, -0.25) is 9.58 Å². The SMILES string of the molecule is Cc1nn(C)c(Cl)c1CN(C)C(C)(C)CO. The Balaban J connectivity index is 2.89. The molecule has 0 radical (unpaired) electrons. The molecule has 1 aromatic heterocycles. The molecule has 92 valence electrons. The van der Waals surface area contributed by atoms with Crippen molar-refractivity contribution in [3.05, 3.63) is 16.4 Å². The van der Waals surface area contributed by atoms with Crippen LogP contribution >= 0.6 is 11.6 Å². The quantitative estimate of drug-likeness (QED) is 0.876. The van der Waals surface area contributed by atoms with Crippen LogP contribution in [0.1, 0.15) is 25.1 Å². The molecule has 0 bridgehead atoms. The van der Waals surface area contributed by atoms with Gasteiger partial charge in [-0.05, 0) is 27.8 Å². The Morgan fingerprint density at radius 2 is 2.06 bits per heavy atom. The van der Waals surface area contributed by atoms with Gasteiger partial charge in [0.05, 0.1) is 12.3 Å². The third-order valence-electron chi connectivity index (χ3n) is 3.09. The molecule has 0 saturated carbocycles. The van der Waals surface area contributed by atoms with Gasteiger partial charge >= 0.3 is 0 Å². The van der Waals surface area contributed by atoms with Crippen LogP contribution in [0.2, 0.25) is 5.15 Å². The Labute approximate surface area is 102 Å². The Morgan fingerprint density at radius 3 is 2.44 bits per heavy atom. The van der Waals surface area contributed by atoms with E-state index in [4.69, 9.17) is 11.6 Å². The first-order valence-electron chi connectivity index (χ1n) is 5.29. The highest BCUT2D eigenvalue weighted by atomic mass is 35.5. The van der Waals surface area contributed by atoms with Gasteiger partial charge in [-0.25, -0.2) is 0 Å². The van der Waals surface area contributed by atoms with Crippen molar-refractivity contribution in [3.8, 4) is 0 Å². The van der Waals surface area contributed by atoms with E-state index in [1.807, 2.05) is 34.9 Å². The molecule has 0 fully saturated rings. The summed E-state index contributed by atoms with van der Waals surface area (Å²) in [4.78, 5) is 2.07. The molecule has 0 aliphatic heterocycles. The standard InChI is InChI=1S/C11H20ClN3O/c1-8-9(10(12)15(5)13-8)6-14(4)11(2,3)7-16/h16H,6-7H2,1-5H3. The highest BCUT2D eigenvalue weighted by Crippen LogP contribution is 2.23. The predicted molar refractivity (Wildman–Crippen MR) is 65.6 cm³/mol. The normalized spacial score (nSPS) is 12.5. The fourth-order valence-corrected chi connectivity index (χ4v) is 1.66. The number of hydrogen-bond acceptors (Lipinski definition) is 3. The van der Waals surface area contributed by atoms with Crippen molar-refractivity contribution in [1.82, 2.24) is 14.7 Å². The molecular weight excluding hydrogens is 226 g/mol. The Morgan fingerprint density at radius 1 is 1.50 bits per heavy atom. The van der Waals surface area contributed by atoms with E-state index in [9.17, 15) is 5.11 Å². The Hall–Kier alpha value is -0.580. The first-order valence-corrected chi connectivity index (χ1v) is 5.67. The predicted octanol–water partition coefficient (Wildman–Crippen LogP) is 1.58. The Kier molecular flexibility index (Phi) is 3.99. The summed E-state index contributed by atoms with van der Waals surface area (Å²) in [5, 5.41) is 14.2. The van der Waals surface area contributed by atoms with Gasteiger partial charge in [0, 0.05) is 24.7 Å². The smallest absolute Gasteiger partial charge is 0.131 e. The first-order chi connectivity index (χ1) is 7.29. The minimum absolute atomic E-state index is 0.112. The molecule has 0 atom stereocenters. The van der Waals surface area contributed by atoms with Gasteiger partial charge in [-0.15, -0.1) is 0 Å². The number of aliphatic hydroxyl groups excluding tert-OH is 1. The van der Waals surface area contributed by atoms with E-state index in [1.165, 1.54) is 0 Å². The molecule has 1 N–H and O–H groups in total. The lowest BCUT2D eigenvalue weighted by Crippen LogP contribution is -2.43. The number of rotatable bonds is 4. The molecule has 5 heteroatoms. The van der Waals surface area contributed by atoms with E-state index < -0.39 is 0 Å². The molecule has 1 heterocycles. The largest absolute Gasteiger partial charge is 0.394 e. The molecule has 0 aromatic carbocycles. The van der Waals surface area contributed by atoms with Crippen molar-refractivity contribution in [1.29, 1.82) is 0 Å². The molecule has 0 unspecified atom stereocenters. The average Bonchev–Trinajstić information content (AvgIpc) is 2.45. The van der Waals surface area contributed by atoms with Crippen LogP contribution in [0.3, 0.4) is 0 Å². The fourth-order valence-electron chi connectivity index (χ4n) is 1.43. The zero-order valence-corrected chi connectivity index (χ0v) is 11.3. The van der Waals surface area contributed by atoms with Crippen molar-refractivity contribution in [2.24, 2.45) is 7.05 Å². The fraction of sp³-hybridized carbons (Fsp3) is 0.727. The maximum atomic E-state index is 9.29. The van der Waals surface area contributed by atoms with E-state index >= 15 is 0 Å². The molecule has 0 spiro atoms. The monoisotopic (exact) mass is 245 g/mol. The molecule has 16 heavy (non-hydrogen) atoms. The number of aliphatic hydroxyl groups is 1. The van der Waals surface area contributed by atoms with Crippen LogP contribution in [0.15, 0.2) is 0 Å². The molecule has 0 aliphatic carbocycles. The highest BCUT2D eigenvalue weighted by Gasteiger charge is 2.24. The second kappa shape index (κ2) is 4.73. The van der Waals surface area contributed by atoms with Gasteiger partial charge in [-0.1, -0.05) is 11.6 Å². The second-order valence-electron chi connectivity index (χ2n) is 4.80. The summed E-state index contributed by atoms with van der Waals surface area (Å²) in [5.41, 5.74) is 1.70. The topological polar surface area (TPSA) is 41.3 Å². The van der Waals surface area contributed by atoms with Gasteiger partial charge in [-0.2, -0.15) is 5.10 Å². The van der Waals surface area contributed by atoms with E-state index in [0.717, 1.165) is 11.3 Å². The minimum Gasteiger partial charge on any atom is -0.394 e. The average molecular weight is 246 g/mol. The summed E-state index contributed by atoms with van der Waals surface area (Å²) in [5.74, 6) is 0. The number of aromatic nitrogens is 2. The zero-order valence-electron chi connectivity index (χ0n) is 10.6. The van der Waals surface area contributed by atoms with Crippen molar-refractivity contribution >= 4 is 11.6 Å². The van der Waals surface area contributed by atoms with Crippen LogP contribution in [0.5, 0.6) is 0 Å². The maximum Gasteiger partial charge on any atom is 0.131 e. The van der Waals surface area contributed by atoms with Gasteiger partial charge in [0.1, 0.15) is 5.15 Å². The van der Waals surface area contributed by atoms with Gasteiger partial charge in [0.15, 0.2) is 0 Å². The molecule has 1 aromatic rings. The van der Waals surface area contributed by atoms with Crippen molar-refractivity contribution in [2.45, 2.75) is 32.9 Å². The number of nitrogens with zero attached hydrogens (tertiary/aromatic N) is 3. The lowest BCUT2D eigenvalue weighted by Gasteiger charge is -2.33. The van der Waals surface area contributed by atoms with Gasteiger partial charge in [0.25, 0.3) is 0 Å². The van der Waals surface area contributed by atoms with E-state index in [2.05, 4.69) is 10.00 Å². The van der Waals surface area contributed by atoms with Crippen LogP contribution in [0, 0.1) is 6.92 Å². The minimum atomic E-state index is -0.258. The summed E-state index contributed by atoms with van der Waals surface area (Å²) in [6.07, 6.45) is 0. The Bertz CT molecular complexity index is 374. The van der Waals surface area contributed by atoms with Crippen LogP contribution in [-0.2, 0) is 13.6 Å². The van der Waals surface area contributed by atoms with Crippen LogP contribution in [0.25, 0.3) is 0 Å². The second-order valence-corrected chi connectivity index (χ2v) is 5.16. The summed E-state index contributed by atoms with van der Waals surface area (Å²) < 4.78 is 1.67. The molecule has 0 aliphatic rings. The molecule has 4 nitrogen and oxygen atoms in total. The third-order valence-corrected chi connectivity index (χ3v) is 3.56. The van der Waals surface area contributed by atoms with Crippen molar-refractivity contribution in [3.63, 3.8) is 0 Å². The third kappa shape index (κ3) is 2.56. The van der Waals surface area contributed by atoms with Crippen LogP contribution < -0.4 is 0 Å². The number of aryl methyl sites for hydroxylation is 2. The number of halogens is 1. The lowest BCUT2D eigenvalue weighted by atomic mass is 10.0. The molecule has 1 rings (SSSR count). The summed E-state index contributed by atoms with van der Waals surface area (Å²) in [6, 6.07) is 0. The van der Waals surface area contributed by atoms with E-state index in [1.54, 1.807) is 4.68 Å². The first kappa shape index (κ1) is 13.5. The molecule has 0 amide bonds. The number of likely N-dealkylation sites (N-methyl/N-ethyl adjacent to an activating group) is 1. The highest BCUT2D eigenvalue weighted by molar-refractivity contribution is 6.30. The van der Waals surface area contributed by atoms with Gasteiger partial charge in [0.2, 0.25) is 0 Å². The van der Waals surface area contributed by atoms with E-state index in [-0.39, 0.29) is 12.1 Å². The van der Waals surface area contributed by atoms with E-state index in [0.29, 0.717) is 11.7 Å². The summed E-state index contributed by atoms with van der Waals surface area (Å²) in [7, 11) is 3.80. The molecule has 0 saturated heterocycles. The van der Waals surface area contributed by atoms with Crippen molar-refractivity contribution < 1.29 is 5.11 Å². The number of hydrogen-bond donors (Lipinski definition) is 1. The summed E-state index contributed by atoms with van der Waals surface area (Å²) in [6.45, 7) is 6.73. The lowest BCUT2D eigenvalue weighted by molar-refractivity contribution is 0.0732. The van der Waals surface area contributed by atoms with Gasteiger partial charge < -0.3 is 5.11 Å². The van der Waals surface area contributed by atoms with Crippen LogP contribution in [0.4, 0.5) is 0 Å².